The summed E-state index contributed by atoms with van der Waals surface area (Å²) in [5.41, 5.74) is 5.15. The number of pyridine rings is 1. The lowest BCUT2D eigenvalue weighted by Gasteiger charge is -2.07. The van der Waals surface area contributed by atoms with Gasteiger partial charge in [-0.25, -0.2) is 4.39 Å². The first-order chi connectivity index (χ1) is 11.5. The first-order valence-corrected chi connectivity index (χ1v) is 6.98. The van der Waals surface area contributed by atoms with Gasteiger partial charge in [0.25, 0.3) is 5.91 Å². The fourth-order valence-corrected chi connectivity index (χ4v) is 2.30. The van der Waals surface area contributed by atoms with E-state index in [0.29, 0.717) is 11.3 Å². The van der Waals surface area contributed by atoms with E-state index in [1.165, 1.54) is 48.7 Å². The number of nitrogens with one attached hydrogen (secondary N) is 2. The molecule has 0 unspecified atom stereocenters. The molecule has 6 nitrogen and oxygen atoms in total. The standard InChI is InChI=1S/C17H12FN3O3/c18-13-3-1-2-11-14(13)20-8-12(15(11)22)17(24)21-10-6-4-9(5-7-10)16(19)23/h1-8H,(H2,19,23)(H,20,22)(H,21,24). The molecule has 0 bridgehead atoms. The monoisotopic (exact) mass is 325 g/mol. The minimum atomic E-state index is -0.644. The Morgan fingerprint density at radius 2 is 1.79 bits per heavy atom. The van der Waals surface area contributed by atoms with E-state index < -0.39 is 23.1 Å². The molecule has 0 aliphatic carbocycles. The molecule has 2 aromatic carbocycles. The second-order valence-electron chi connectivity index (χ2n) is 5.09. The second kappa shape index (κ2) is 5.96. The summed E-state index contributed by atoms with van der Waals surface area (Å²) in [5.74, 6) is -1.80. The molecule has 0 aliphatic rings. The van der Waals surface area contributed by atoms with Crippen LogP contribution in [0.4, 0.5) is 10.1 Å². The molecular weight excluding hydrogens is 313 g/mol. The molecule has 0 radical (unpaired) electrons. The molecule has 0 saturated heterocycles. The Morgan fingerprint density at radius 1 is 1.08 bits per heavy atom. The van der Waals surface area contributed by atoms with Crippen LogP contribution in [-0.4, -0.2) is 16.8 Å². The van der Waals surface area contributed by atoms with Gasteiger partial charge in [-0.05, 0) is 36.4 Å². The van der Waals surface area contributed by atoms with E-state index in [4.69, 9.17) is 5.73 Å². The molecule has 2 amide bonds. The van der Waals surface area contributed by atoms with E-state index in [2.05, 4.69) is 10.3 Å². The zero-order valence-electron chi connectivity index (χ0n) is 12.3. The number of halogens is 1. The number of hydrogen-bond donors (Lipinski definition) is 3. The maximum absolute atomic E-state index is 13.6. The van der Waals surface area contributed by atoms with Crippen LogP contribution >= 0.6 is 0 Å². The molecule has 120 valence electrons. The molecular formula is C17H12FN3O3. The summed E-state index contributed by atoms with van der Waals surface area (Å²) >= 11 is 0. The van der Waals surface area contributed by atoms with Crippen molar-refractivity contribution in [1.82, 2.24) is 4.98 Å². The minimum absolute atomic E-state index is 0.0462. The van der Waals surface area contributed by atoms with E-state index in [0.717, 1.165) is 0 Å². The van der Waals surface area contributed by atoms with Gasteiger partial charge in [0, 0.05) is 22.8 Å². The van der Waals surface area contributed by atoms with Crippen molar-refractivity contribution in [3.05, 3.63) is 75.8 Å². The van der Waals surface area contributed by atoms with Gasteiger partial charge in [0.05, 0.1) is 5.52 Å². The van der Waals surface area contributed by atoms with Gasteiger partial charge in [-0.3, -0.25) is 14.4 Å². The Labute approximate surface area is 135 Å². The SMILES string of the molecule is NC(=O)c1ccc(NC(=O)c2c[nH]c3c(F)cccc3c2=O)cc1. The van der Waals surface area contributed by atoms with E-state index in [-0.39, 0.29) is 16.5 Å². The summed E-state index contributed by atoms with van der Waals surface area (Å²) in [6.07, 6.45) is 1.17. The number of benzene rings is 2. The van der Waals surface area contributed by atoms with Crippen molar-refractivity contribution >= 4 is 28.4 Å². The fourth-order valence-electron chi connectivity index (χ4n) is 2.30. The number of nitrogens with two attached hydrogens (primary N) is 1. The molecule has 0 fully saturated rings. The van der Waals surface area contributed by atoms with Gasteiger partial charge < -0.3 is 16.0 Å². The first kappa shape index (κ1) is 15.4. The number of carbonyl (C=O) groups excluding carboxylic acids is 2. The van der Waals surface area contributed by atoms with E-state index in [9.17, 15) is 18.8 Å². The highest BCUT2D eigenvalue weighted by Crippen LogP contribution is 2.14. The molecule has 1 heterocycles. The highest BCUT2D eigenvalue weighted by atomic mass is 19.1. The van der Waals surface area contributed by atoms with Crippen LogP contribution in [-0.2, 0) is 0 Å². The molecule has 4 N–H and O–H groups in total. The largest absolute Gasteiger partial charge is 0.366 e. The molecule has 0 atom stereocenters. The predicted molar refractivity (Wildman–Crippen MR) is 87.4 cm³/mol. The summed E-state index contributed by atoms with van der Waals surface area (Å²) in [6.45, 7) is 0. The first-order valence-electron chi connectivity index (χ1n) is 6.98. The smallest absolute Gasteiger partial charge is 0.261 e. The van der Waals surface area contributed by atoms with Gasteiger partial charge in [0.1, 0.15) is 11.4 Å². The van der Waals surface area contributed by atoms with E-state index in [1.54, 1.807) is 0 Å². The molecule has 0 aliphatic heterocycles. The minimum Gasteiger partial charge on any atom is -0.366 e. The van der Waals surface area contributed by atoms with Crippen LogP contribution in [0.5, 0.6) is 0 Å². The number of rotatable bonds is 3. The number of aromatic nitrogens is 1. The summed E-state index contributed by atoms with van der Waals surface area (Å²) in [6, 6.07) is 9.96. The average Bonchev–Trinajstić information content (AvgIpc) is 2.56. The van der Waals surface area contributed by atoms with Crippen LogP contribution in [0.2, 0.25) is 0 Å². The number of hydrogen-bond acceptors (Lipinski definition) is 3. The van der Waals surface area contributed by atoms with Gasteiger partial charge in [-0.15, -0.1) is 0 Å². The Morgan fingerprint density at radius 3 is 2.46 bits per heavy atom. The lowest BCUT2D eigenvalue weighted by Crippen LogP contribution is -2.22. The maximum Gasteiger partial charge on any atom is 0.261 e. The van der Waals surface area contributed by atoms with Crippen molar-refractivity contribution < 1.29 is 14.0 Å². The fraction of sp³-hybridized carbons (Fsp3) is 0. The molecule has 7 heteroatoms. The lowest BCUT2D eigenvalue weighted by atomic mass is 10.1. The quantitative estimate of drug-likeness (QED) is 0.686. The summed E-state index contributed by atoms with van der Waals surface area (Å²) in [4.78, 5) is 38.2. The maximum atomic E-state index is 13.6. The third-order valence-electron chi connectivity index (χ3n) is 3.54. The Bertz CT molecular complexity index is 1010. The number of H-pyrrole nitrogens is 1. The summed E-state index contributed by atoms with van der Waals surface area (Å²) in [7, 11) is 0. The van der Waals surface area contributed by atoms with Crippen molar-refractivity contribution in [2.45, 2.75) is 0 Å². The highest BCUT2D eigenvalue weighted by molar-refractivity contribution is 6.06. The van der Waals surface area contributed by atoms with Crippen LogP contribution < -0.4 is 16.5 Å². The predicted octanol–water partition coefficient (Wildman–Crippen LogP) is 2.02. The molecule has 3 rings (SSSR count). The van der Waals surface area contributed by atoms with Crippen molar-refractivity contribution in [1.29, 1.82) is 0 Å². The van der Waals surface area contributed by atoms with Crippen molar-refractivity contribution in [3.63, 3.8) is 0 Å². The number of aromatic amines is 1. The van der Waals surface area contributed by atoms with E-state index in [1.807, 2.05) is 0 Å². The van der Waals surface area contributed by atoms with Crippen LogP contribution in [0.25, 0.3) is 10.9 Å². The lowest BCUT2D eigenvalue weighted by molar-refractivity contribution is 0.0998. The average molecular weight is 325 g/mol. The molecule has 1 aromatic heterocycles. The van der Waals surface area contributed by atoms with Crippen LogP contribution in [0, 0.1) is 5.82 Å². The molecule has 0 saturated carbocycles. The Balaban J connectivity index is 1.93. The van der Waals surface area contributed by atoms with E-state index >= 15 is 0 Å². The van der Waals surface area contributed by atoms with Gasteiger partial charge >= 0.3 is 0 Å². The zero-order valence-corrected chi connectivity index (χ0v) is 12.3. The summed E-state index contributed by atoms with van der Waals surface area (Å²) in [5, 5.41) is 2.63. The number of fused-ring (bicyclic) bond motifs is 1. The van der Waals surface area contributed by atoms with Crippen molar-refractivity contribution in [2.24, 2.45) is 5.73 Å². The van der Waals surface area contributed by atoms with Crippen LogP contribution in [0.15, 0.2) is 53.5 Å². The van der Waals surface area contributed by atoms with Crippen LogP contribution in [0.1, 0.15) is 20.7 Å². The second-order valence-corrected chi connectivity index (χ2v) is 5.09. The third-order valence-corrected chi connectivity index (χ3v) is 3.54. The topological polar surface area (TPSA) is 105 Å². The Hall–Kier alpha value is -3.48. The number of carbonyl (C=O) groups is 2. The van der Waals surface area contributed by atoms with Crippen molar-refractivity contribution in [3.8, 4) is 0 Å². The number of anilines is 1. The highest BCUT2D eigenvalue weighted by Gasteiger charge is 2.14. The molecule has 3 aromatic rings. The Kier molecular flexibility index (Phi) is 3.83. The van der Waals surface area contributed by atoms with Gasteiger partial charge in [-0.1, -0.05) is 6.07 Å². The third kappa shape index (κ3) is 2.74. The molecule has 0 spiro atoms. The van der Waals surface area contributed by atoms with Gasteiger partial charge in [-0.2, -0.15) is 0 Å². The number of para-hydroxylation sites is 1. The van der Waals surface area contributed by atoms with Gasteiger partial charge in [0.2, 0.25) is 11.3 Å². The normalized spacial score (nSPS) is 10.5. The van der Waals surface area contributed by atoms with Crippen molar-refractivity contribution in [2.75, 3.05) is 5.32 Å². The van der Waals surface area contributed by atoms with Gasteiger partial charge in [0.15, 0.2) is 0 Å². The number of amides is 2. The molecule has 24 heavy (non-hydrogen) atoms. The summed E-state index contributed by atoms with van der Waals surface area (Å²) < 4.78 is 13.6. The number of primary amides is 1. The van der Waals surface area contributed by atoms with Crippen LogP contribution in [0.3, 0.4) is 0 Å². The zero-order chi connectivity index (χ0) is 17.3.